The maximum Gasteiger partial charge on any atom is 0.222 e. The molecule has 1 rings (SSSR count). The van der Waals surface area contributed by atoms with Crippen molar-refractivity contribution in [2.75, 3.05) is 32.4 Å². The highest BCUT2D eigenvalue weighted by molar-refractivity contribution is 7.79. The normalized spacial score (nSPS) is 18.9. The van der Waals surface area contributed by atoms with Gasteiger partial charge in [-0.3, -0.25) is 9.69 Å². The molecule has 1 fully saturated rings. The highest BCUT2D eigenvalue weighted by Crippen LogP contribution is 2.13. The predicted molar refractivity (Wildman–Crippen MR) is 89.1 cm³/mol. The van der Waals surface area contributed by atoms with E-state index < -0.39 is 0 Å². The molecule has 0 aromatic heterocycles. The van der Waals surface area contributed by atoms with Crippen LogP contribution in [0.4, 0.5) is 0 Å². The fourth-order valence-electron chi connectivity index (χ4n) is 2.31. The van der Waals surface area contributed by atoms with Crippen molar-refractivity contribution in [3.05, 3.63) is 0 Å². The van der Waals surface area contributed by atoms with Crippen molar-refractivity contribution in [3.8, 4) is 0 Å². The molecule has 0 unspecified atom stereocenters. The first-order chi connectivity index (χ1) is 9.22. The van der Waals surface area contributed by atoms with E-state index in [1.54, 1.807) is 6.26 Å². The molecule has 0 bridgehead atoms. The summed E-state index contributed by atoms with van der Waals surface area (Å²) < 4.78 is 0. The van der Waals surface area contributed by atoms with Gasteiger partial charge in [-0.2, -0.15) is 12.6 Å². The lowest BCUT2D eigenvalue weighted by Gasteiger charge is -2.41. The molecular weight excluding hydrogens is 256 g/mol. The SMILES string of the molecule is CC.CCCN1CCN(C(=O)CC)C[C@@H]1CC.CS. The largest absolute Gasteiger partial charge is 0.340 e. The number of carbonyl (C=O) groups excluding carboxylic acids is 1. The molecule has 1 heterocycles. The topological polar surface area (TPSA) is 23.6 Å². The van der Waals surface area contributed by atoms with Crippen LogP contribution < -0.4 is 0 Å². The van der Waals surface area contributed by atoms with Crippen LogP contribution in [0, 0.1) is 0 Å². The van der Waals surface area contributed by atoms with Crippen molar-refractivity contribution in [2.45, 2.75) is 59.9 Å². The van der Waals surface area contributed by atoms with Gasteiger partial charge in [-0.15, -0.1) is 0 Å². The first-order valence-corrected chi connectivity index (χ1v) is 8.58. The van der Waals surface area contributed by atoms with Crippen LogP contribution in [0.15, 0.2) is 0 Å². The Hall–Kier alpha value is -0.220. The molecule has 4 heteroatoms. The van der Waals surface area contributed by atoms with E-state index in [9.17, 15) is 4.79 Å². The minimum atomic E-state index is 0.310. The number of hydrogen-bond donors (Lipinski definition) is 1. The molecule has 1 atom stereocenters. The monoisotopic (exact) mass is 290 g/mol. The predicted octanol–water partition coefficient (Wildman–Crippen LogP) is 3.30. The number of thiol groups is 1. The van der Waals surface area contributed by atoms with Crippen LogP contribution in [-0.2, 0) is 4.79 Å². The molecule has 19 heavy (non-hydrogen) atoms. The second-order valence-electron chi connectivity index (χ2n) is 4.29. The molecule has 0 radical (unpaired) electrons. The zero-order valence-electron chi connectivity index (χ0n) is 13.8. The average molecular weight is 291 g/mol. The van der Waals surface area contributed by atoms with Gasteiger partial charge in [0, 0.05) is 32.1 Å². The van der Waals surface area contributed by atoms with Crippen molar-refractivity contribution in [2.24, 2.45) is 0 Å². The summed E-state index contributed by atoms with van der Waals surface area (Å²) in [4.78, 5) is 16.2. The third kappa shape index (κ3) is 7.83. The Balaban J connectivity index is 0. The molecule has 0 N–H and O–H groups in total. The summed E-state index contributed by atoms with van der Waals surface area (Å²) in [5.74, 6) is 0.310. The maximum atomic E-state index is 11.6. The molecule has 0 spiro atoms. The highest BCUT2D eigenvalue weighted by Gasteiger charge is 2.26. The van der Waals surface area contributed by atoms with E-state index in [-0.39, 0.29) is 0 Å². The molecular formula is C15H34N2OS. The van der Waals surface area contributed by atoms with Crippen LogP contribution in [0.5, 0.6) is 0 Å². The van der Waals surface area contributed by atoms with E-state index in [0.717, 1.165) is 26.1 Å². The van der Waals surface area contributed by atoms with Crippen LogP contribution in [0.25, 0.3) is 0 Å². The summed E-state index contributed by atoms with van der Waals surface area (Å²) in [6.45, 7) is 14.5. The molecule has 0 aliphatic carbocycles. The Morgan fingerprint density at radius 2 is 1.74 bits per heavy atom. The number of amides is 1. The van der Waals surface area contributed by atoms with Gasteiger partial charge in [0.1, 0.15) is 0 Å². The van der Waals surface area contributed by atoms with Gasteiger partial charge in [0.2, 0.25) is 5.91 Å². The van der Waals surface area contributed by atoms with E-state index in [1.807, 2.05) is 25.7 Å². The van der Waals surface area contributed by atoms with Crippen LogP contribution in [-0.4, -0.2) is 54.2 Å². The average Bonchev–Trinajstić information content (AvgIpc) is 2.51. The van der Waals surface area contributed by atoms with Gasteiger partial charge in [0.05, 0.1) is 0 Å². The number of nitrogens with zero attached hydrogens (tertiary/aromatic N) is 2. The van der Waals surface area contributed by atoms with Gasteiger partial charge < -0.3 is 4.90 Å². The van der Waals surface area contributed by atoms with Crippen molar-refractivity contribution in [3.63, 3.8) is 0 Å². The van der Waals surface area contributed by atoms with Crippen LogP contribution in [0.3, 0.4) is 0 Å². The fourth-order valence-corrected chi connectivity index (χ4v) is 2.31. The van der Waals surface area contributed by atoms with Gasteiger partial charge in [0.25, 0.3) is 0 Å². The molecule has 1 aliphatic rings. The van der Waals surface area contributed by atoms with Gasteiger partial charge in [-0.1, -0.05) is 34.6 Å². The number of carbonyl (C=O) groups is 1. The Bertz CT molecular complexity index is 212. The Morgan fingerprint density at radius 3 is 2.16 bits per heavy atom. The minimum absolute atomic E-state index is 0.310. The third-order valence-electron chi connectivity index (χ3n) is 3.24. The van der Waals surface area contributed by atoms with E-state index in [0.29, 0.717) is 18.4 Å². The quantitative estimate of drug-likeness (QED) is 0.803. The minimum Gasteiger partial charge on any atom is -0.340 e. The standard InChI is InChI=1S/C12H24N2O.C2H6.CH4S/c1-4-7-13-8-9-14(12(15)6-3)10-11(13)5-2;2*1-2/h11H,4-10H2,1-3H3;1-2H3;2H,1H3/t11-;;/m0../s1. The van der Waals surface area contributed by atoms with Crippen LogP contribution >= 0.6 is 12.6 Å². The number of hydrogen-bond acceptors (Lipinski definition) is 3. The second-order valence-corrected chi connectivity index (χ2v) is 4.29. The molecule has 1 aliphatic heterocycles. The van der Waals surface area contributed by atoms with E-state index in [1.165, 1.54) is 13.0 Å². The Morgan fingerprint density at radius 1 is 1.16 bits per heavy atom. The van der Waals surface area contributed by atoms with Crippen molar-refractivity contribution in [1.29, 1.82) is 0 Å². The van der Waals surface area contributed by atoms with E-state index in [2.05, 4.69) is 31.4 Å². The van der Waals surface area contributed by atoms with Crippen molar-refractivity contribution in [1.82, 2.24) is 9.80 Å². The van der Waals surface area contributed by atoms with Crippen LogP contribution in [0.2, 0.25) is 0 Å². The zero-order chi connectivity index (χ0) is 15.3. The van der Waals surface area contributed by atoms with E-state index in [4.69, 9.17) is 0 Å². The van der Waals surface area contributed by atoms with Crippen molar-refractivity contribution < 1.29 is 4.79 Å². The molecule has 0 saturated carbocycles. The molecule has 1 amide bonds. The lowest BCUT2D eigenvalue weighted by molar-refractivity contribution is -0.133. The first-order valence-electron chi connectivity index (χ1n) is 7.69. The van der Waals surface area contributed by atoms with Gasteiger partial charge in [-0.25, -0.2) is 0 Å². The fraction of sp³-hybridized carbons (Fsp3) is 0.933. The second kappa shape index (κ2) is 14.2. The van der Waals surface area contributed by atoms with E-state index >= 15 is 0 Å². The molecule has 3 nitrogen and oxygen atoms in total. The highest BCUT2D eigenvalue weighted by atomic mass is 32.1. The summed E-state index contributed by atoms with van der Waals surface area (Å²) in [7, 11) is 0. The Kier molecular flexibility index (Phi) is 15.8. The molecule has 0 aromatic rings. The summed E-state index contributed by atoms with van der Waals surface area (Å²) in [6, 6.07) is 0.578. The molecule has 1 saturated heterocycles. The lowest BCUT2D eigenvalue weighted by atomic mass is 10.1. The van der Waals surface area contributed by atoms with Gasteiger partial charge in [0.15, 0.2) is 0 Å². The van der Waals surface area contributed by atoms with Gasteiger partial charge >= 0.3 is 0 Å². The zero-order valence-corrected chi connectivity index (χ0v) is 14.7. The molecule has 0 aromatic carbocycles. The number of rotatable bonds is 4. The Labute approximate surface area is 126 Å². The van der Waals surface area contributed by atoms with Crippen LogP contribution in [0.1, 0.15) is 53.9 Å². The summed E-state index contributed by atoms with van der Waals surface area (Å²) in [6.07, 6.45) is 4.69. The summed E-state index contributed by atoms with van der Waals surface area (Å²) in [5.41, 5.74) is 0. The maximum absolute atomic E-state index is 11.6. The lowest BCUT2D eigenvalue weighted by Crippen LogP contribution is -2.54. The number of piperazine rings is 1. The smallest absolute Gasteiger partial charge is 0.222 e. The summed E-state index contributed by atoms with van der Waals surface area (Å²) in [5, 5.41) is 0. The van der Waals surface area contributed by atoms with Gasteiger partial charge in [-0.05, 0) is 25.6 Å². The summed E-state index contributed by atoms with van der Waals surface area (Å²) >= 11 is 3.53. The molecule has 116 valence electrons. The first kappa shape index (κ1) is 21.1. The third-order valence-corrected chi connectivity index (χ3v) is 3.24. The van der Waals surface area contributed by atoms with Crippen molar-refractivity contribution >= 4 is 18.5 Å².